The molecule has 0 unspecified atom stereocenters. The molecule has 6 nitrogen and oxygen atoms in total. The van der Waals surface area contributed by atoms with E-state index in [1.807, 2.05) is 0 Å². The molecule has 0 aromatic rings. The maximum Gasteiger partial charge on any atom is 0.411 e. The van der Waals surface area contributed by atoms with Gasteiger partial charge in [-0.2, -0.15) is 0 Å². The van der Waals surface area contributed by atoms with Crippen LogP contribution in [0.1, 0.15) is 20.8 Å². The van der Waals surface area contributed by atoms with E-state index in [4.69, 9.17) is 9.47 Å². The normalized spacial score (nSPS) is 22.3. The number of carbonyl (C=O) groups excluding carboxylic acids is 2. The number of hydrogen-bond acceptors (Lipinski definition) is 5. The Labute approximate surface area is 100 Å². The molecule has 0 bridgehead atoms. The van der Waals surface area contributed by atoms with E-state index in [0.717, 1.165) is 0 Å². The molecule has 0 atom stereocenters. The van der Waals surface area contributed by atoms with E-state index >= 15 is 0 Å². The number of cyclic esters (lactones) is 1. The molecule has 2 aliphatic heterocycles. The fraction of sp³-hybridized carbons (Fsp3) is 0.818. The van der Waals surface area contributed by atoms with E-state index in [0.29, 0.717) is 19.7 Å². The van der Waals surface area contributed by atoms with E-state index in [9.17, 15) is 9.59 Å². The molecule has 1 N–H and O–H groups in total. The minimum atomic E-state index is -0.536. The number of carbonyl (C=O) groups is 2. The van der Waals surface area contributed by atoms with Crippen LogP contribution in [-0.4, -0.2) is 54.3 Å². The first-order chi connectivity index (χ1) is 7.82. The van der Waals surface area contributed by atoms with E-state index in [2.05, 4.69) is 5.32 Å². The van der Waals surface area contributed by atoms with Gasteiger partial charge in [0.05, 0.1) is 0 Å². The summed E-state index contributed by atoms with van der Waals surface area (Å²) >= 11 is 0. The number of amides is 1. The largest absolute Gasteiger partial charge is 0.459 e. The molecule has 2 saturated heterocycles. The van der Waals surface area contributed by atoms with Gasteiger partial charge in [-0.3, -0.25) is 9.69 Å². The van der Waals surface area contributed by atoms with E-state index in [-0.39, 0.29) is 12.1 Å². The fourth-order valence-electron chi connectivity index (χ4n) is 1.99. The minimum Gasteiger partial charge on any atom is -0.459 e. The Kier molecular flexibility index (Phi) is 2.77. The molecule has 1 amide bonds. The second-order valence-electron chi connectivity index (χ2n) is 5.56. The van der Waals surface area contributed by atoms with E-state index in [1.165, 1.54) is 4.90 Å². The standard InChI is InChI=1S/C11H18N2O4/c1-10(2,3)17-8(14)4-13-9(15)16-7-11(13)5-12-6-11/h12H,4-7H2,1-3H3. The average Bonchev–Trinajstić information content (AvgIpc) is 2.40. The lowest BCUT2D eigenvalue weighted by Gasteiger charge is -2.42. The Balaban J connectivity index is 1.97. The third kappa shape index (κ3) is 2.36. The zero-order valence-corrected chi connectivity index (χ0v) is 10.4. The van der Waals surface area contributed by atoms with Crippen molar-refractivity contribution in [2.24, 2.45) is 0 Å². The summed E-state index contributed by atoms with van der Waals surface area (Å²) in [7, 11) is 0. The fourth-order valence-corrected chi connectivity index (χ4v) is 1.99. The van der Waals surface area contributed by atoms with Gasteiger partial charge in [0, 0.05) is 13.1 Å². The molecule has 2 rings (SSSR count). The van der Waals surface area contributed by atoms with Gasteiger partial charge in [-0.1, -0.05) is 0 Å². The molecule has 96 valence electrons. The van der Waals surface area contributed by atoms with Gasteiger partial charge in [-0.05, 0) is 20.8 Å². The smallest absolute Gasteiger partial charge is 0.411 e. The number of nitrogens with zero attached hydrogens (tertiary/aromatic N) is 1. The quantitative estimate of drug-likeness (QED) is 0.697. The molecule has 1 spiro atoms. The van der Waals surface area contributed by atoms with Crippen molar-refractivity contribution in [3.8, 4) is 0 Å². The number of hydrogen-bond donors (Lipinski definition) is 1. The Hall–Kier alpha value is -1.30. The lowest BCUT2D eigenvalue weighted by Crippen LogP contribution is -2.69. The van der Waals surface area contributed by atoms with Gasteiger partial charge < -0.3 is 14.8 Å². The highest BCUT2D eigenvalue weighted by Crippen LogP contribution is 2.28. The number of ether oxygens (including phenoxy) is 2. The van der Waals surface area contributed by atoms with Crippen LogP contribution < -0.4 is 5.32 Å². The molecule has 0 aromatic carbocycles. The van der Waals surface area contributed by atoms with Crippen LogP contribution in [0, 0.1) is 0 Å². The maximum absolute atomic E-state index is 11.7. The lowest BCUT2D eigenvalue weighted by atomic mass is 9.92. The van der Waals surface area contributed by atoms with E-state index < -0.39 is 17.7 Å². The molecule has 2 aliphatic rings. The third-order valence-corrected chi connectivity index (χ3v) is 2.87. The highest BCUT2D eigenvalue weighted by Gasteiger charge is 2.52. The van der Waals surface area contributed by atoms with Gasteiger partial charge in [0.2, 0.25) is 0 Å². The van der Waals surface area contributed by atoms with E-state index in [1.54, 1.807) is 20.8 Å². The molecule has 0 saturated carbocycles. The highest BCUT2D eigenvalue weighted by atomic mass is 16.6. The van der Waals surface area contributed by atoms with Crippen LogP contribution >= 0.6 is 0 Å². The molecular formula is C11H18N2O4. The summed E-state index contributed by atoms with van der Waals surface area (Å²) in [5.74, 6) is -0.400. The van der Waals surface area contributed by atoms with Crippen molar-refractivity contribution in [2.75, 3.05) is 26.2 Å². The van der Waals surface area contributed by atoms with Crippen molar-refractivity contribution >= 4 is 12.1 Å². The topological polar surface area (TPSA) is 67.9 Å². The number of rotatable bonds is 2. The summed E-state index contributed by atoms with van der Waals surface area (Å²) in [5.41, 5.74) is -0.875. The predicted octanol–water partition coefficient (Wildman–Crippen LogP) is 0.122. The van der Waals surface area contributed by atoms with Crippen LogP contribution in [0.15, 0.2) is 0 Å². The summed E-state index contributed by atoms with van der Waals surface area (Å²) in [5, 5.41) is 3.09. The van der Waals surface area contributed by atoms with Gasteiger partial charge in [0.25, 0.3) is 0 Å². The first kappa shape index (κ1) is 12.2. The van der Waals surface area contributed by atoms with Gasteiger partial charge >= 0.3 is 12.1 Å². The zero-order chi connectivity index (χ0) is 12.7. The van der Waals surface area contributed by atoms with Crippen molar-refractivity contribution in [3.05, 3.63) is 0 Å². The summed E-state index contributed by atoms with van der Waals surface area (Å²) in [4.78, 5) is 24.7. The molecule has 2 fully saturated rings. The molecule has 2 heterocycles. The SMILES string of the molecule is CC(C)(C)OC(=O)CN1C(=O)OCC12CNC2. The van der Waals surface area contributed by atoms with Gasteiger partial charge in [0.15, 0.2) is 0 Å². The number of nitrogens with one attached hydrogen (secondary N) is 1. The molecule has 17 heavy (non-hydrogen) atoms. The number of esters is 1. The highest BCUT2D eigenvalue weighted by molar-refractivity contribution is 5.80. The lowest BCUT2D eigenvalue weighted by molar-refractivity contribution is -0.156. The van der Waals surface area contributed by atoms with Crippen molar-refractivity contribution in [1.82, 2.24) is 10.2 Å². The minimum absolute atomic E-state index is 0.0439. The second-order valence-corrected chi connectivity index (χ2v) is 5.56. The van der Waals surface area contributed by atoms with Gasteiger partial charge in [0.1, 0.15) is 24.3 Å². The molecule has 0 radical (unpaired) electrons. The summed E-state index contributed by atoms with van der Waals surface area (Å²) in [6.45, 7) is 7.04. The summed E-state index contributed by atoms with van der Waals surface area (Å²) in [6.07, 6.45) is -0.433. The van der Waals surface area contributed by atoms with Crippen LogP contribution in [0.3, 0.4) is 0 Å². The third-order valence-electron chi connectivity index (χ3n) is 2.87. The van der Waals surface area contributed by atoms with Gasteiger partial charge in [-0.15, -0.1) is 0 Å². The average molecular weight is 242 g/mol. The van der Waals surface area contributed by atoms with Crippen LogP contribution in [0.4, 0.5) is 4.79 Å². The first-order valence-electron chi connectivity index (χ1n) is 5.69. The molecule has 0 aliphatic carbocycles. The Morgan fingerprint density at radius 3 is 2.65 bits per heavy atom. The predicted molar refractivity (Wildman–Crippen MR) is 59.5 cm³/mol. The van der Waals surface area contributed by atoms with Crippen LogP contribution in [0.25, 0.3) is 0 Å². The van der Waals surface area contributed by atoms with Crippen molar-refractivity contribution in [1.29, 1.82) is 0 Å². The second kappa shape index (κ2) is 3.87. The van der Waals surface area contributed by atoms with Gasteiger partial charge in [-0.25, -0.2) is 4.79 Å². The molecular weight excluding hydrogens is 224 g/mol. The van der Waals surface area contributed by atoms with Crippen LogP contribution in [-0.2, 0) is 14.3 Å². The van der Waals surface area contributed by atoms with Crippen molar-refractivity contribution in [3.63, 3.8) is 0 Å². The summed E-state index contributed by atoms with van der Waals surface area (Å²) in [6, 6.07) is 0. The monoisotopic (exact) mass is 242 g/mol. The molecule has 6 heteroatoms. The Morgan fingerprint density at radius 2 is 2.18 bits per heavy atom. The zero-order valence-electron chi connectivity index (χ0n) is 10.4. The first-order valence-corrected chi connectivity index (χ1v) is 5.69. The van der Waals surface area contributed by atoms with Crippen LogP contribution in [0.2, 0.25) is 0 Å². The van der Waals surface area contributed by atoms with Crippen molar-refractivity contribution in [2.45, 2.75) is 31.9 Å². The van der Waals surface area contributed by atoms with Crippen LogP contribution in [0.5, 0.6) is 0 Å². The molecule has 0 aromatic heterocycles. The summed E-state index contributed by atoms with van der Waals surface area (Å²) < 4.78 is 10.2. The van der Waals surface area contributed by atoms with Crippen molar-refractivity contribution < 1.29 is 19.1 Å². The maximum atomic E-state index is 11.7. The Morgan fingerprint density at radius 1 is 1.53 bits per heavy atom. The Bertz CT molecular complexity index is 344.